The molecule has 34 heavy (non-hydrogen) atoms. The molecule has 0 fully saturated rings. The number of allylic oxidation sites excluding steroid dienone is 7. The van der Waals surface area contributed by atoms with E-state index in [9.17, 15) is 0 Å². The summed E-state index contributed by atoms with van der Waals surface area (Å²) < 4.78 is 3.79. The highest BCUT2D eigenvalue weighted by molar-refractivity contribution is 6.28. The second kappa shape index (κ2) is 14.0. The van der Waals surface area contributed by atoms with Crippen molar-refractivity contribution in [1.82, 2.24) is 9.97 Å². The molecular weight excluding hydrogens is 446 g/mol. The van der Waals surface area contributed by atoms with Gasteiger partial charge in [0, 0.05) is 0 Å². The summed E-state index contributed by atoms with van der Waals surface area (Å²) in [6.07, 6.45) is 15.9. The summed E-state index contributed by atoms with van der Waals surface area (Å²) in [7, 11) is 3.44. The van der Waals surface area contributed by atoms with Crippen molar-refractivity contribution in [2.75, 3.05) is 26.2 Å². The Kier molecular flexibility index (Phi) is 11.4. The third kappa shape index (κ3) is 9.02. The van der Waals surface area contributed by atoms with E-state index in [1.165, 1.54) is 22.3 Å². The molecule has 0 radical (unpaired) electrons. The van der Waals surface area contributed by atoms with Gasteiger partial charge >= 0.3 is 17.5 Å². The minimum Gasteiger partial charge on any atom is -0.278 e. The minimum absolute atomic E-state index is 0.164. The molecular formula is C27H40ClN5O+2. The van der Waals surface area contributed by atoms with Crippen LogP contribution in [0.15, 0.2) is 46.6 Å². The number of nitrogens with zero attached hydrogens (tertiary/aromatic N) is 4. The third-order valence-corrected chi connectivity index (χ3v) is 5.84. The molecule has 2 heterocycles. The first-order valence-corrected chi connectivity index (χ1v) is 12.3. The zero-order chi connectivity index (χ0) is 25.1. The topological polar surface area (TPSA) is 53.1 Å². The van der Waals surface area contributed by atoms with Crippen molar-refractivity contribution in [3.8, 4) is 0 Å². The molecule has 0 aromatic carbocycles. The molecule has 1 aromatic rings. The van der Waals surface area contributed by atoms with Crippen LogP contribution in [0, 0.1) is 0 Å². The molecule has 0 atom stereocenters. The van der Waals surface area contributed by atoms with Gasteiger partial charge in [-0.3, -0.25) is 4.84 Å². The largest absolute Gasteiger partial charge is 0.491 e. The van der Waals surface area contributed by atoms with E-state index in [0.717, 1.165) is 44.2 Å². The van der Waals surface area contributed by atoms with Gasteiger partial charge in [0.05, 0.1) is 7.11 Å². The summed E-state index contributed by atoms with van der Waals surface area (Å²) in [5.74, 6) is 1.23. The number of hydrogen-bond donors (Lipinski definition) is 1. The van der Waals surface area contributed by atoms with Crippen LogP contribution in [0.25, 0.3) is 0 Å². The van der Waals surface area contributed by atoms with Gasteiger partial charge in [-0.05, 0) is 90.8 Å². The van der Waals surface area contributed by atoms with Gasteiger partial charge in [-0.25, -0.2) is 5.48 Å². The molecule has 2 rings (SSSR count). The van der Waals surface area contributed by atoms with Gasteiger partial charge in [0.15, 0.2) is 13.6 Å². The highest BCUT2D eigenvalue weighted by atomic mass is 35.5. The fourth-order valence-electron chi connectivity index (χ4n) is 3.71. The minimum atomic E-state index is 0.164. The molecule has 0 aliphatic carbocycles. The molecule has 184 valence electrons. The quantitative estimate of drug-likeness (QED) is 0.137. The van der Waals surface area contributed by atoms with E-state index in [1.54, 1.807) is 7.11 Å². The Morgan fingerprint density at radius 3 is 2.03 bits per heavy atom. The number of rotatable bonds is 13. The molecule has 1 aromatic heterocycles. The van der Waals surface area contributed by atoms with Gasteiger partial charge in [0.2, 0.25) is 11.1 Å². The van der Waals surface area contributed by atoms with Crippen LogP contribution in [-0.4, -0.2) is 45.8 Å². The van der Waals surface area contributed by atoms with E-state index in [-0.39, 0.29) is 5.28 Å². The van der Waals surface area contributed by atoms with Gasteiger partial charge in [-0.1, -0.05) is 49.7 Å². The monoisotopic (exact) mass is 485 g/mol. The lowest BCUT2D eigenvalue weighted by molar-refractivity contribution is -0.446. The van der Waals surface area contributed by atoms with E-state index in [1.807, 2.05) is 16.2 Å². The second-order valence-electron chi connectivity index (χ2n) is 9.14. The summed E-state index contributed by atoms with van der Waals surface area (Å²) in [5, 5.41) is 0.164. The van der Waals surface area contributed by atoms with Crippen molar-refractivity contribution in [3.63, 3.8) is 0 Å². The fraction of sp³-hybridized carbons (Fsp3) is 0.519. The highest BCUT2D eigenvalue weighted by Gasteiger charge is 2.38. The Morgan fingerprint density at radius 1 is 0.912 bits per heavy atom. The summed E-state index contributed by atoms with van der Waals surface area (Å²) in [5.41, 5.74) is 9.29. The van der Waals surface area contributed by atoms with Gasteiger partial charge in [0.25, 0.3) is 0 Å². The van der Waals surface area contributed by atoms with Gasteiger partial charge in [-0.15, -0.1) is 4.98 Å². The predicted octanol–water partition coefficient (Wildman–Crippen LogP) is 7.35. The van der Waals surface area contributed by atoms with Gasteiger partial charge in [0.1, 0.15) is 0 Å². The molecule has 0 bridgehead atoms. The summed E-state index contributed by atoms with van der Waals surface area (Å²) in [6, 6.07) is 3.27. The van der Waals surface area contributed by atoms with Crippen LogP contribution in [0.1, 0.15) is 73.1 Å². The molecule has 6 nitrogen and oxygen atoms in total. The SMILES string of the molecule is CONc1nc(Cl)nc2c1[N+](C/C=C(\C)CC/C=C(\C)CC/C=C(\C)CCC=C(C)C)=C=[N+]2C. The van der Waals surface area contributed by atoms with Crippen molar-refractivity contribution in [2.24, 2.45) is 0 Å². The maximum absolute atomic E-state index is 6.05. The zero-order valence-corrected chi connectivity index (χ0v) is 22.6. The van der Waals surface area contributed by atoms with Gasteiger partial charge < -0.3 is 0 Å². The molecule has 0 unspecified atom stereocenters. The van der Waals surface area contributed by atoms with Crippen molar-refractivity contribution >= 4 is 34.9 Å². The first kappa shape index (κ1) is 27.7. The lowest BCUT2D eigenvalue weighted by Crippen LogP contribution is -2.08. The van der Waals surface area contributed by atoms with E-state index in [0.29, 0.717) is 18.2 Å². The van der Waals surface area contributed by atoms with Crippen LogP contribution in [-0.2, 0) is 4.84 Å². The van der Waals surface area contributed by atoms with Crippen molar-refractivity contribution in [2.45, 2.75) is 73.1 Å². The number of aromatic nitrogens is 2. The Labute approximate surface area is 210 Å². The maximum atomic E-state index is 6.05. The summed E-state index contributed by atoms with van der Waals surface area (Å²) in [4.78, 5) is 13.6. The number of halogens is 1. The lowest BCUT2D eigenvalue weighted by Gasteiger charge is -2.04. The Bertz CT molecular complexity index is 1060. The number of nitrogens with one attached hydrogen (secondary N) is 1. The van der Waals surface area contributed by atoms with E-state index in [4.69, 9.17) is 16.4 Å². The smallest absolute Gasteiger partial charge is 0.278 e. The normalized spacial score (nSPS) is 14.1. The number of hydrogen-bond acceptors (Lipinski definition) is 4. The van der Waals surface area contributed by atoms with Crippen LogP contribution in [0.3, 0.4) is 0 Å². The van der Waals surface area contributed by atoms with E-state index in [2.05, 4.69) is 80.4 Å². The first-order valence-electron chi connectivity index (χ1n) is 12.0. The predicted molar refractivity (Wildman–Crippen MR) is 142 cm³/mol. The third-order valence-electron chi connectivity index (χ3n) is 5.67. The van der Waals surface area contributed by atoms with E-state index < -0.39 is 0 Å². The van der Waals surface area contributed by atoms with Crippen LogP contribution in [0.2, 0.25) is 5.28 Å². The summed E-state index contributed by atoms with van der Waals surface area (Å²) in [6.45, 7) is 11.6. The van der Waals surface area contributed by atoms with Crippen LogP contribution in [0.4, 0.5) is 17.3 Å². The molecule has 7 heteroatoms. The maximum Gasteiger partial charge on any atom is 0.491 e. The highest BCUT2D eigenvalue weighted by Crippen LogP contribution is 2.34. The fourth-order valence-corrected chi connectivity index (χ4v) is 3.88. The molecule has 0 saturated heterocycles. The van der Waals surface area contributed by atoms with Crippen LogP contribution in [0.5, 0.6) is 0 Å². The number of fused-ring (bicyclic) bond motifs is 1. The van der Waals surface area contributed by atoms with Crippen LogP contribution < -0.4 is 5.48 Å². The standard InChI is InChI=1S/C27H40ClN5O/c1-20(2)11-8-12-21(3)13-9-14-22(4)15-10-16-23(5)17-18-33-19-32(6)26-24(33)25(31-34-7)29-27(28)30-26/h11,13,15,17H,8-10,12,14,16,18H2,1-7H3,(H,29,30,31)/q+2/b21-13+,22-15+,23-17+. The first-order chi connectivity index (χ1) is 16.2. The summed E-state index contributed by atoms with van der Waals surface area (Å²) >= 11 is 6.05. The van der Waals surface area contributed by atoms with Crippen LogP contribution >= 0.6 is 11.6 Å². The Hall–Kier alpha value is -2.53. The van der Waals surface area contributed by atoms with Crippen molar-refractivity contribution in [1.29, 1.82) is 0 Å². The molecule has 0 spiro atoms. The molecule has 0 saturated carbocycles. The second-order valence-corrected chi connectivity index (χ2v) is 9.48. The number of anilines is 1. The molecule has 1 aliphatic heterocycles. The Balaban J connectivity index is 1.85. The van der Waals surface area contributed by atoms with E-state index >= 15 is 0 Å². The average molecular weight is 486 g/mol. The molecule has 0 amide bonds. The zero-order valence-electron chi connectivity index (χ0n) is 21.8. The molecule has 1 aliphatic rings. The van der Waals surface area contributed by atoms with Gasteiger partial charge in [-0.2, -0.15) is 4.98 Å². The Morgan fingerprint density at radius 2 is 1.47 bits per heavy atom. The average Bonchev–Trinajstić information content (AvgIpc) is 3.07. The lowest BCUT2D eigenvalue weighted by atomic mass is 10.0. The van der Waals surface area contributed by atoms with Crippen molar-refractivity contribution < 1.29 is 14.0 Å². The molecule has 1 N–H and O–H groups in total. The van der Waals surface area contributed by atoms with Crippen molar-refractivity contribution in [3.05, 3.63) is 51.9 Å².